The Morgan fingerprint density at radius 2 is 2.23 bits per heavy atom. The van der Waals surface area contributed by atoms with Crippen LogP contribution in [0.25, 0.3) is 0 Å². The van der Waals surface area contributed by atoms with Crippen molar-refractivity contribution in [1.82, 2.24) is 19.8 Å². The van der Waals surface area contributed by atoms with E-state index >= 15 is 0 Å². The van der Waals surface area contributed by atoms with Gasteiger partial charge in [-0.25, -0.2) is 9.78 Å². The highest BCUT2D eigenvalue weighted by molar-refractivity contribution is 5.68. The van der Waals surface area contributed by atoms with E-state index in [4.69, 9.17) is 4.74 Å². The number of ether oxygens (including phenoxy) is 1. The third-order valence-electron chi connectivity index (χ3n) is 3.95. The Labute approximate surface area is 132 Å². The van der Waals surface area contributed by atoms with E-state index in [0.29, 0.717) is 18.5 Å². The van der Waals surface area contributed by atoms with E-state index in [9.17, 15) is 4.79 Å². The van der Waals surface area contributed by atoms with Gasteiger partial charge in [-0.05, 0) is 33.1 Å². The molecule has 0 bridgehead atoms. The molecular weight excluding hydrogens is 280 g/mol. The van der Waals surface area contributed by atoms with Gasteiger partial charge in [0.1, 0.15) is 5.60 Å². The lowest BCUT2D eigenvalue weighted by Gasteiger charge is -2.38. The molecule has 2 atom stereocenters. The normalized spacial score (nSPS) is 22.6. The first-order chi connectivity index (χ1) is 10.3. The fraction of sp³-hybridized carbons (Fsp3) is 0.750. The molecule has 0 radical (unpaired) electrons. The van der Waals surface area contributed by atoms with Crippen LogP contribution in [0.4, 0.5) is 4.79 Å². The van der Waals surface area contributed by atoms with Gasteiger partial charge < -0.3 is 19.5 Å². The zero-order valence-electron chi connectivity index (χ0n) is 14.1. The molecule has 0 unspecified atom stereocenters. The molecule has 1 aromatic heterocycles. The van der Waals surface area contributed by atoms with Gasteiger partial charge in [-0.2, -0.15) is 0 Å². The number of piperidine rings is 1. The molecule has 1 fully saturated rings. The quantitative estimate of drug-likeness (QED) is 0.925. The summed E-state index contributed by atoms with van der Waals surface area (Å²) in [4.78, 5) is 18.0. The molecule has 6 nitrogen and oxygen atoms in total. The molecule has 0 aromatic carbocycles. The van der Waals surface area contributed by atoms with Crippen LogP contribution in [0.1, 0.15) is 34.1 Å². The molecule has 2 rings (SSSR count). The van der Waals surface area contributed by atoms with Crippen molar-refractivity contribution in [3.05, 3.63) is 18.7 Å². The molecular formula is C16H28N4O2. The first kappa shape index (κ1) is 16.8. The minimum atomic E-state index is -0.440. The predicted molar refractivity (Wildman–Crippen MR) is 85.6 cm³/mol. The summed E-state index contributed by atoms with van der Waals surface area (Å²) in [6.07, 6.45) is 6.36. The zero-order valence-corrected chi connectivity index (χ0v) is 14.1. The van der Waals surface area contributed by atoms with Crippen LogP contribution in [0.2, 0.25) is 0 Å². The number of hydrogen-bond acceptors (Lipinski definition) is 4. The highest BCUT2D eigenvalue weighted by Gasteiger charge is 2.30. The Morgan fingerprint density at radius 1 is 1.45 bits per heavy atom. The fourth-order valence-corrected chi connectivity index (χ4v) is 2.63. The smallest absolute Gasteiger partial charge is 0.410 e. The number of amides is 1. The summed E-state index contributed by atoms with van der Waals surface area (Å²) < 4.78 is 7.52. The number of carbonyl (C=O) groups is 1. The van der Waals surface area contributed by atoms with Gasteiger partial charge in [0.15, 0.2) is 0 Å². The first-order valence-corrected chi connectivity index (χ1v) is 8.02. The number of likely N-dealkylation sites (tertiary alicyclic amines) is 1. The summed E-state index contributed by atoms with van der Waals surface area (Å²) >= 11 is 0. The van der Waals surface area contributed by atoms with Crippen LogP contribution < -0.4 is 5.32 Å². The monoisotopic (exact) mass is 308 g/mol. The average molecular weight is 308 g/mol. The third-order valence-corrected chi connectivity index (χ3v) is 3.95. The van der Waals surface area contributed by atoms with Crippen LogP contribution in [0, 0.1) is 5.92 Å². The van der Waals surface area contributed by atoms with E-state index < -0.39 is 5.60 Å². The van der Waals surface area contributed by atoms with Gasteiger partial charge in [0, 0.05) is 44.6 Å². The molecule has 124 valence electrons. The number of hydrogen-bond donors (Lipinski definition) is 1. The van der Waals surface area contributed by atoms with Crippen LogP contribution in [0.15, 0.2) is 18.7 Å². The second kappa shape index (κ2) is 7.13. The molecule has 2 heterocycles. The summed E-state index contributed by atoms with van der Waals surface area (Å²) in [6.45, 7) is 11.2. The molecule has 0 saturated carbocycles. The number of nitrogens with zero attached hydrogens (tertiary/aromatic N) is 3. The van der Waals surface area contributed by atoms with Crippen molar-refractivity contribution < 1.29 is 9.53 Å². The Hall–Kier alpha value is -1.56. The van der Waals surface area contributed by atoms with E-state index in [0.717, 1.165) is 26.1 Å². The van der Waals surface area contributed by atoms with E-state index in [1.54, 1.807) is 6.20 Å². The van der Waals surface area contributed by atoms with Crippen molar-refractivity contribution in [3.63, 3.8) is 0 Å². The maximum Gasteiger partial charge on any atom is 0.410 e. The molecule has 1 aromatic rings. The van der Waals surface area contributed by atoms with Gasteiger partial charge in [-0.3, -0.25) is 0 Å². The Kier molecular flexibility index (Phi) is 5.45. The molecule has 0 spiro atoms. The SMILES string of the molecule is C[C@H]1CCN(C(=O)OC(C)(C)C)C[C@@H]1NCCn1ccnc1. The van der Waals surface area contributed by atoms with Crippen molar-refractivity contribution >= 4 is 6.09 Å². The van der Waals surface area contributed by atoms with Gasteiger partial charge in [0.05, 0.1) is 6.33 Å². The van der Waals surface area contributed by atoms with Crippen LogP contribution in [0.5, 0.6) is 0 Å². The van der Waals surface area contributed by atoms with Crippen molar-refractivity contribution in [1.29, 1.82) is 0 Å². The van der Waals surface area contributed by atoms with Gasteiger partial charge in [0.2, 0.25) is 0 Å². The summed E-state index contributed by atoms with van der Waals surface area (Å²) in [5.41, 5.74) is -0.440. The molecule has 1 N–H and O–H groups in total. The highest BCUT2D eigenvalue weighted by Crippen LogP contribution is 2.19. The van der Waals surface area contributed by atoms with Crippen LogP contribution in [-0.4, -0.2) is 51.8 Å². The number of imidazole rings is 1. The van der Waals surface area contributed by atoms with Crippen molar-refractivity contribution in [3.8, 4) is 0 Å². The minimum Gasteiger partial charge on any atom is -0.444 e. The van der Waals surface area contributed by atoms with Crippen molar-refractivity contribution in [2.24, 2.45) is 5.92 Å². The maximum absolute atomic E-state index is 12.2. The maximum atomic E-state index is 12.2. The second-order valence-electron chi connectivity index (χ2n) is 7.05. The summed E-state index contributed by atoms with van der Waals surface area (Å²) in [6, 6.07) is 0.310. The molecule has 1 saturated heterocycles. The van der Waals surface area contributed by atoms with Gasteiger partial charge >= 0.3 is 6.09 Å². The standard InChI is InChI=1S/C16H28N4O2/c1-13-5-8-20(15(21)22-16(2,3)4)11-14(13)18-7-10-19-9-6-17-12-19/h6,9,12-14,18H,5,7-8,10-11H2,1-4H3/t13-,14-/m0/s1. The zero-order chi connectivity index (χ0) is 16.2. The third kappa shape index (κ3) is 5.02. The molecule has 1 aliphatic rings. The lowest BCUT2D eigenvalue weighted by atomic mass is 9.93. The fourth-order valence-electron chi connectivity index (χ4n) is 2.63. The minimum absolute atomic E-state index is 0.208. The van der Waals surface area contributed by atoms with Crippen LogP contribution in [0.3, 0.4) is 0 Å². The van der Waals surface area contributed by atoms with Gasteiger partial charge in [-0.1, -0.05) is 6.92 Å². The average Bonchev–Trinajstić information content (AvgIpc) is 2.92. The predicted octanol–water partition coefficient (Wildman–Crippen LogP) is 2.12. The second-order valence-corrected chi connectivity index (χ2v) is 7.05. The van der Waals surface area contributed by atoms with Crippen LogP contribution >= 0.6 is 0 Å². The Bertz CT molecular complexity index is 467. The molecule has 1 aliphatic heterocycles. The van der Waals surface area contributed by atoms with E-state index in [1.165, 1.54) is 0 Å². The molecule has 0 aliphatic carbocycles. The van der Waals surface area contributed by atoms with Crippen LogP contribution in [-0.2, 0) is 11.3 Å². The number of rotatable bonds is 4. The number of nitrogens with one attached hydrogen (secondary N) is 1. The number of carbonyl (C=O) groups excluding carboxylic acids is 1. The van der Waals surface area contributed by atoms with E-state index in [1.807, 2.05) is 42.8 Å². The van der Waals surface area contributed by atoms with Gasteiger partial charge in [-0.15, -0.1) is 0 Å². The molecule has 22 heavy (non-hydrogen) atoms. The Balaban J connectivity index is 1.81. The highest BCUT2D eigenvalue weighted by atomic mass is 16.6. The summed E-state index contributed by atoms with van der Waals surface area (Å²) in [5.74, 6) is 0.557. The molecule has 6 heteroatoms. The summed E-state index contributed by atoms with van der Waals surface area (Å²) in [7, 11) is 0. The lowest BCUT2D eigenvalue weighted by Crippen LogP contribution is -2.53. The largest absolute Gasteiger partial charge is 0.444 e. The topological polar surface area (TPSA) is 59.4 Å². The van der Waals surface area contributed by atoms with Gasteiger partial charge in [0.25, 0.3) is 0 Å². The first-order valence-electron chi connectivity index (χ1n) is 8.02. The summed E-state index contributed by atoms with van der Waals surface area (Å²) in [5, 5.41) is 3.56. The van der Waals surface area contributed by atoms with Crippen molar-refractivity contribution in [2.45, 2.75) is 52.3 Å². The van der Waals surface area contributed by atoms with Crippen molar-refractivity contribution in [2.75, 3.05) is 19.6 Å². The van der Waals surface area contributed by atoms with E-state index in [2.05, 4.69) is 17.2 Å². The number of aromatic nitrogens is 2. The molecule has 1 amide bonds. The Morgan fingerprint density at radius 3 is 2.86 bits per heavy atom. The van der Waals surface area contributed by atoms with E-state index in [-0.39, 0.29) is 6.09 Å². The lowest BCUT2D eigenvalue weighted by molar-refractivity contribution is 0.0148.